The van der Waals surface area contributed by atoms with Crippen molar-refractivity contribution in [2.75, 3.05) is 17.1 Å². The van der Waals surface area contributed by atoms with Crippen LogP contribution in [0.25, 0.3) is 0 Å². The van der Waals surface area contributed by atoms with Crippen LogP contribution in [0.1, 0.15) is 48.1 Å². The predicted molar refractivity (Wildman–Crippen MR) is 162 cm³/mol. The first-order valence-corrected chi connectivity index (χ1v) is 15.5. The first-order chi connectivity index (χ1) is 18.9. The number of hydrogen-bond donors (Lipinski definition) is 1. The molecule has 214 valence electrons. The fraction of sp³-hybridized carbons (Fsp3) is 0.375. The van der Waals surface area contributed by atoms with Crippen LogP contribution < -0.4 is 9.62 Å². The molecule has 0 aliphatic heterocycles. The highest BCUT2D eigenvalue weighted by atomic mass is 32.2. The fourth-order valence-electron chi connectivity index (χ4n) is 4.71. The third-order valence-corrected chi connectivity index (χ3v) is 8.02. The zero-order valence-electron chi connectivity index (χ0n) is 24.3. The lowest BCUT2D eigenvalue weighted by atomic mass is 10.0. The quantitative estimate of drug-likeness (QED) is 0.339. The van der Waals surface area contributed by atoms with Gasteiger partial charge in [-0.2, -0.15) is 0 Å². The van der Waals surface area contributed by atoms with E-state index in [9.17, 15) is 18.0 Å². The topological polar surface area (TPSA) is 86.8 Å². The molecule has 0 aromatic heterocycles. The van der Waals surface area contributed by atoms with Crippen LogP contribution in [-0.2, 0) is 32.6 Å². The van der Waals surface area contributed by atoms with Gasteiger partial charge >= 0.3 is 0 Å². The van der Waals surface area contributed by atoms with E-state index in [0.717, 1.165) is 44.8 Å². The second-order valence-electron chi connectivity index (χ2n) is 10.6. The molecular formula is C32H41N3O4S. The molecular weight excluding hydrogens is 522 g/mol. The van der Waals surface area contributed by atoms with Gasteiger partial charge in [-0.05, 0) is 68.5 Å². The molecule has 0 saturated carbocycles. The number of rotatable bonds is 12. The minimum absolute atomic E-state index is 0.0792. The van der Waals surface area contributed by atoms with Crippen molar-refractivity contribution in [1.82, 2.24) is 10.2 Å². The van der Waals surface area contributed by atoms with Crippen molar-refractivity contribution in [2.45, 2.75) is 66.1 Å². The molecule has 0 saturated heterocycles. The van der Waals surface area contributed by atoms with Crippen LogP contribution in [0.4, 0.5) is 5.69 Å². The van der Waals surface area contributed by atoms with Crippen molar-refractivity contribution in [1.29, 1.82) is 0 Å². The molecule has 0 spiro atoms. The van der Waals surface area contributed by atoms with Crippen molar-refractivity contribution >= 4 is 27.5 Å². The Hall–Kier alpha value is -3.65. The number of hydrogen-bond acceptors (Lipinski definition) is 4. The van der Waals surface area contributed by atoms with E-state index in [1.54, 1.807) is 12.1 Å². The SMILES string of the molecule is CC[C@H](C)NC(=O)[C@H](Cc1ccccc1)N(Cc1cccc(C)c1)C(=O)CN(c1cc(C)cc(C)c1)S(C)(=O)=O. The van der Waals surface area contributed by atoms with Gasteiger partial charge in [0.15, 0.2) is 0 Å². The molecule has 3 rings (SSSR count). The van der Waals surface area contributed by atoms with Gasteiger partial charge in [0.1, 0.15) is 12.6 Å². The number of carbonyl (C=O) groups excluding carboxylic acids is 2. The van der Waals surface area contributed by atoms with Gasteiger partial charge in [-0.15, -0.1) is 0 Å². The Labute approximate surface area is 239 Å². The average molecular weight is 564 g/mol. The van der Waals surface area contributed by atoms with Crippen molar-refractivity contribution in [2.24, 2.45) is 0 Å². The zero-order chi connectivity index (χ0) is 29.4. The van der Waals surface area contributed by atoms with Crippen molar-refractivity contribution in [3.63, 3.8) is 0 Å². The molecule has 40 heavy (non-hydrogen) atoms. The lowest BCUT2D eigenvalue weighted by Crippen LogP contribution is -2.54. The van der Waals surface area contributed by atoms with Crippen LogP contribution in [0.3, 0.4) is 0 Å². The Morgan fingerprint density at radius 2 is 1.48 bits per heavy atom. The van der Waals surface area contributed by atoms with Crippen LogP contribution in [0.15, 0.2) is 72.8 Å². The van der Waals surface area contributed by atoms with Crippen LogP contribution in [0.5, 0.6) is 0 Å². The minimum atomic E-state index is -3.80. The number of aryl methyl sites for hydroxylation is 3. The molecule has 0 unspecified atom stereocenters. The maximum absolute atomic E-state index is 14.2. The van der Waals surface area contributed by atoms with Gasteiger partial charge in [0, 0.05) is 19.0 Å². The summed E-state index contributed by atoms with van der Waals surface area (Å²) in [5.74, 6) is -0.720. The number of carbonyl (C=O) groups is 2. The summed E-state index contributed by atoms with van der Waals surface area (Å²) in [6.07, 6.45) is 2.13. The van der Waals surface area contributed by atoms with Crippen molar-refractivity contribution in [3.05, 3.63) is 101 Å². The van der Waals surface area contributed by atoms with E-state index >= 15 is 0 Å². The average Bonchev–Trinajstić information content (AvgIpc) is 2.88. The highest BCUT2D eigenvalue weighted by Gasteiger charge is 2.33. The highest BCUT2D eigenvalue weighted by Crippen LogP contribution is 2.23. The van der Waals surface area contributed by atoms with E-state index in [-0.39, 0.29) is 18.5 Å². The second-order valence-corrected chi connectivity index (χ2v) is 12.6. The number of anilines is 1. The fourth-order valence-corrected chi connectivity index (χ4v) is 5.54. The maximum atomic E-state index is 14.2. The summed E-state index contributed by atoms with van der Waals surface area (Å²) < 4.78 is 27.1. The molecule has 0 aliphatic rings. The first-order valence-electron chi connectivity index (χ1n) is 13.6. The summed E-state index contributed by atoms with van der Waals surface area (Å²) in [5.41, 5.74) is 5.00. The summed E-state index contributed by atoms with van der Waals surface area (Å²) >= 11 is 0. The molecule has 2 atom stereocenters. The number of nitrogens with one attached hydrogen (secondary N) is 1. The van der Waals surface area contributed by atoms with Gasteiger partial charge < -0.3 is 10.2 Å². The van der Waals surface area contributed by atoms with Crippen LogP contribution in [-0.4, -0.2) is 50.0 Å². The lowest BCUT2D eigenvalue weighted by molar-refractivity contribution is -0.140. The smallest absolute Gasteiger partial charge is 0.244 e. The summed E-state index contributed by atoms with van der Waals surface area (Å²) in [4.78, 5) is 29.4. The van der Waals surface area contributed by atoms with Crippen molar-refractivity contribution < 1.29 is 18.0 Å². The minimum Gasteiger partial charge on any atom is -0.352 e. The Balaban J connectivity index is 2.08. The third-order valence-electron chi connectivity index (χ3n) is 6.88. The molecule has 0 aliphatic carbocycles. The monoisotopic (exact) mass is 563 g/mol. The van der Waals surface area contributed by atoms with Crippen LogP contribution in [0, 0.1) is 20.8 Å². The normalized spacial score (nSPS) is 12.8. The standard InChI is InChI=1S/C32H41N3O4S/c1-7-26(5)33-32(37)30(20-27-13-9-8-10-14-27)34(21-28-15-11-12-23(2)17-28)31(36)22-35(40(6,38)39)29-18-24(3)16-25(4)19-29/h8-19,26,30H,7,20-22H2,1-6H3,(H,33,37)/t26-,30-/m0/s1. The molecule has 0 heterocycles. The molecule has 3 aromatic rings. The van der Waals surface area contributed by atoms with E-state index in [4.69, 9.17) is 0 Å². The van der Waals surface area contributed by atoms with E-state index < -0.39 is 28.5 Å². The van der Waals surface area contributed by atoms with Gasteiger partial charge in [-0.3, -0.25) is 13.9 Å². The molecule has 1 N–H and O–H groups in total. The van der Waals surface area contributed by atoms with Crippen molar-refractivity contribution in [3.8, 4) is 0 Å². The number of nitrogens with zero attached hydrogens (tertiary/aromatic N) is 2. The first kappa shape index (κ1) is 30.9. The molecule has 8 heteroatoms. The number of benzene rings is 3. The van der Waals surface area contributed by atoms with Crippen LogP contribution in [0.2, 0.25) is 0 Å². The largest absolute Gasteiger partial charge is 0.352 e. The van der Waals surface area contributed by atoms with E-state index in [1.165, 1.54) is 4.90 Å². The third kappa shape index (κ3) is 8.68. The summed E-state index contributed by atoms with van der Waals surface area (Å²) in [5, 5.41) is 3.05. The Morgan fingerprint density at radius 1 is 0.850 bits per heavy atom. The summed E-state index contributed by atoms with van der Waals surface area (Å²) in [6, 6.07) is 21.9. The molecule has 3 aromatic carbocycles. The van der Waals surface area contributed by atoms with Gasteiger partial charge in [0.2, 0.25) is 21.8 Å². The van der Waals surface area contributed by atoms with E-state index in [0.29, 0.717) is 12.1 Å². The van der Waals surface area contributed by atoms with Gasteiger partial charge in [0.05, 0.1) is 11.9 Å². The van der Waals surface area contributed by atoms with Gasteiger partial charge in [-0.1, -0.05) is 73.2 Å². The van der Waals surface area contributed by atoms with Crippen LogP contribution >= 0.6 is 0 Å². The maximum Gasteiger partial charge on any atom is 0.244 e. The van der Waals surface area contributed by atoms with E-state index in [1.807, 2.05) is 95.3 Å². The van der Waals surface area contributed by atoms with Gasteiger partial charge in [0.25, 0.3) is 0 Å². The Bertz CT molecular complexity index is 1400. The molecule has 2 amide bonds. The molecule has 0 fully saturated rings. The highest BCUT2D eigenvalue weighted by molar-refractivity contribution is 7.92. The summed E-state index contributed by atoms with van der Waals surface area (Å²) in [7, 11) is -3.80. The lowest BCUT2D eigenvalue weighted by Gasteiger charge is -2.34. The van der Waals surface area contributed by atoms with E-state index in [2.05, 4.69) is 5.32 Å². The number of sulfonamides is 1. The number of amides is 2. The Kier molecular flexibility index (Phi) is 10.5. The molecule has 7 nitrogen and oxygen atoms in total. The second kappa shape index (κ2) is 13.6. The zero-order valence-corrected chi connectivity index (χ0v) is 25.2. The Morgan fingerprint density at radius 3 is 2.05 bits per heavy atom. The molecule has 0 radical (unpaired) electrons. The molecule has 0 bridgehead atoms. The van der Waals surface area contributed by atoms with Gasteiger partial charge in [-0.25, -0.2) is 8.42 Å². The summed E-state index contributed by atoms with van der Waals surface area (Å²) in [6.45, 7) is 9.40. The predicted octanol–water partition coefficient (Wildman–Crippen LogP) is 4.93.